The van der Waals surface area contributed by atoms with E-state index in [1.165, 1.54) is 23.1 Å². The van der Waals surface area contributed by atoms with Crippen molar-refractivity contribution in [1.82, 2.24) is 5.32 Å². The summed E-state index contributed by atoms with van der Waals surface area (Å²) in [5.74, 6) is -0.969. The number of ether oxygens (including phenoxy) is 1. The van der Waals surface area contributed by atoms with E-state index in [2.05, 4.69) is 22.9 Å². The fourth-order valence-electron chi connectivity index (χ4n) is 5.55. The van der Waals surface area contributed by atoms with Crippen molar-refractivity contribution < 1.29 is 23.9 Å². The van der Waals surface area contributed by atoms with E-state index in [0.29, 0.717) is 34.2 Å². The van der Waals surface area contributed by atoms with Crippen LogP contribution in [0.3, 0.4) is 0 Å². The number of benzene rings is 3. The summed E-state index contributed by atoms with van der Waals surface area (Å²) in [7, 11) is 0. The molecule has 0 spiro atoms. The summed E-state index contributed by atoms with van der Waals surface area (Å²) in [6.45, 7) is 8.16. The van der Waals surface area contributed by atoms with Crippen LogP contribution in [0, 0.1) is 12.8 Å². The lowest BCUT2D eigenvalue weighted by molar-refractivity contribution is -0.116. The maximum Gasteiger partial charge on any atom is 0.341 e. The SMILES string of the molecule is CCOC(=O)c1c(NC(=O)C(CC)Sc2cccc(NC(=O)/C(=C/c3ccc(C)cc3)NC(=O)c3ccccc3)c2)sc2c1CCC(C)C2. The molecule has 0 aliphatic heterocycles. The van der Waals surface area contributed by atoms with E-state index in [9.17, 15) is 19.2 Å². The van der Waals surface area contributed by atoms with Gasteiger partial charge in [-0.15, -0.1) is 23.1 Å². The van der Waals surface area contributed by atoms with E-state index in [4.69, 9.17) is 4.74 Å². The minimum atomic E-state index is -0.487. The number of hydrogen-bond acceptors (Lipinski definition) is 7. The number of carbonyl (C=O) groups excluding carboxylic acids is 4. The molecule has 0 radical (unpaired) electrons. The van der Waals surface area contributed by atoms with E-state index < -0.39 is 23.0 Å². The third kappa shape index (κ3) is 9.28. The molecule has 1 aliphatic carbocycles. The highest BCUT2D eigenvalue weighted by atomic mass is 32.2. The molecule has 10 heteroatoms. The van der Waals surface area contributed by atoms with E-state index in [1.54, 1.807) is 49.4 Å². The average Bonchev–Trinajstić information content (AvgIpc) is 3.45. The van der Waals surface area contributed by atoms with Crippen molar-refractivity contribution in [2.45, 2.75) is 63.5 Å². The maximum absolute atomic E-state index is 13.6. The van der Waals surface area contributed by atoms with Gasteiger partial charge in [0, 0.05) is 21.0 Å². The molecule has 1 heterocycles. The Bertz CT molecular complexity index is 1850. The fraction of sp³-hybridized carbons (Fsp3) is 0.282. The van der Waals surface area contributed by atoms with Gasteiger partial charge in [0.15, 0.2) is 0 Å². The molecule has 4 aromatic rings. The Morgan fingerprint density at radius 2 is 1.73 bits per heavy atom. The van der Waals surface area contributed by atoms with Crippen LogP contribution < -0.4 is 16.0 Å². The van der Waals surface area contributed by atoms with Crippen LogP contribution >= 0.6 is 23.1 Å². The Hall–Kier alpha value is -4.67. The van der Waals surface area contributed by atoms with Gasteiger partial charge in [-0.25, -0.2) is 4.79 Å². The van der Waals surface area contributed by atoms with Crippen molar-refractivity contribution in [3.63, 3.8) is 0 Å². The van der Waals surface area contributed by atoms with E-state index in [1.807, 2.05) is 56.3 Å². The molecule has 3 N–H and O–H groups in total. The van der Waals surface area contributed by atoms with E-state index >= 15 is 0 Å². The van der Waals surface area contributed by atoms with Gasteiger partial charge in [0.2, 0.25) is 5.91 Å². The molecule has 8 nitrogen and oxygen atoms in total. The van der Waals surface area contributed by atoms with Crippen LogP contribution in [0.15, 0.2) is 89.5 Å². The molecule has 0 bridgehead atoms. The average molecular weight is 696 g/mol. The molecule has 0 saturated carbocycles. The molecule has 254 valence electrons. The quantitative estimate of drug-likeness (QED) is 0.0781. The van der Waals surface area contributed by atoms with Crippen molar-refractivity contribution in [2.24, 2.45) is 5.92 Å². The van der Waals surface area contributed by atoms with Gasteiger partial charge in [-0.2, -0.15) is 0 Å². The number of thioether (sulfide) groups is 1. The highest BCUT2D eigenvalue weighted by molar-refractivity contribution is 8.00. The predicted octanol–water partition coefficient (Wildman–Crippen LogP) is 8.28. The molecular formula is C39H41N3O5S2. The lowest BCUT2D eigenvalue weighted by Crippen LogP contribution is -2.30. The number of thiophene rings is 1. The van der Waals surface area contributed by atoms with Gasteiger partial charge in [-0.3, -0.25) is 14.4 Å². The largest absolute Gasteiger partial charge is 0.462 e. The monoisotopic (exact) mass is 695 g/mol. The van der Waals surface area contributed by atoms with Crippen LogP contribution in [0.1, 0.15) is 75.9 Å². The number of aryl methyl sites for hydroxylation is 1. The fourth-order valence-corrected chi connectivity index (χ4v) is 7.97. The summed E-state index contributed by atoms with van der Waals surface area (Å²) in [5, 5.41) is 8.83. The molecule has 0 saturated heterocycles. The summed E-state index contributed by atoms with van der Waals surface area (Å²) >= 11 is 2.85. The van der Waals surface area contributed by atoms with Crippen LogP contribution in [0.4, 0.5) is 10.7 Å². The molecule has 1 aliphatic rings. The summed E-state index contributed by atoms with van der Waals surface area (Å²) in [4.78, 5) is 55.1. The van der Waals surface area contributed by atoms with Gasteiger partial charge in [-0.1, -0.05) is 67.9 Å². The van der Waals surface area contributed by atoms with Gasteiger partial charge in [-0.05, 0) is 93.0 Å². The molecule has 0 fully saturated rings. The van der Waals surface area contributed by atoms with Crippen molar-refractivity contribution in [3.8, 4) is 0 Å². The summed E-state index contributed by atoms with van der Waals surface area (Å²) in [5.41, 5.74) is 4.35. The second-order valence-corrected chi connectivity index (χ2v) is 14.4. The van der Waals surface area contributed by atoms with Crippen LogP contribution in [0.2, 0.25) is 0 Å². The maximum atomic E-state index is 13.6. The lowest BCUT2D eigenvalue weighted by Gasteiger charge is -2.18. The second kappa shape index (κ2) is 16.6. The minimum absolute atomic E-state index is 0.0898. The van der Waals surface area contributed by atoms with Crippen molar-refractivity contribution in [3.05, 3.63) is 117 Å². The minimum Gasteiger partial charge on any atom is -0.462 e. The molecule has 2 unspecified atom stereocenters. The first kappa shape index (κ1) is 35.6. The summed E-state index contributed by atoms with van der Waals surface area (Å²) < 4.78 is 5.38. The number of hydrogen-bond donors (Lipinski definition) is 3. The lowest BCUT2D eigenvalue weighted by atomic mass is 9.88. The Morgan fingerprint density at radius 3 is 2.45 bits per heavy atom. The van der Waals surface area contributed by atoms with Crippen LogP contribution in [-0.4, -0.2) is 35.5 Å². The van der Waals surface area contributed by atoms with Crippen molar-refractivity contribution >= 4 is 63.6 Å². The zero-order valence-corrected chi connectivity index (χ0v) is 29.8. The number of carbonyl (C=O) groups is 4. The molecule has 3 amide bonds. The normalized spacial score (nSPS) is 14.7. The third-order valence-electron chi connectivity index (χ3n) is 8.18. The summed E-state index contributed by atoms with van der Waals surface area (Å²) in [6, 6.07) is 23.6. The van der Waals surface area contributed by atoms with Crippen molar-refractivity contribution in [1.29, 1.82) is 0 Å². The highest BCUT2D eigenvalue weighted by Crippen LogP contribution is 2.40. The van der Waals surface area contributed by atoms with Crippen LogP contribution in [-0.2, 0) is 27.2 Å². The van der Waals surface area contributed by atoms with Gasteiger partial charge < -0.3 is 20.7 Å². The van der Waals surface area contributed by atoms with Crippen LogP contribution in [0.5, 0.6) is 0 Å². The number of anilines is 2. The van der Waals surface area contributed by atoms with Gasteiger partial charge >= 0.3 is 5.97 Å². The smallest absolute Gasteiger partial charge is 0.341 e. The highest BCUT2D eigenvalue weighted by Gasteiger charge is 2.30. The molecule has 5 rings (SSSR count). The first-order valence-electron chi connectivity index (χ1n) is 16.5. The van der Waals surface area contributed by atoms with Gasteiger partial charge in [0.25, 0.3) is 11.8 Å². The Balaban J connectivity index is 1.31. The Labute approximate surface area is 295 Å². The first-order valence-corrected chi connectivity index (χ1v) is 18.2. The van der Waals surface area contributed by atoms with Crippen molar-refractivity contribution in [2.75, 3.05) is 17.2 Å². The predicted molar refractivity (Wildman–Crippen MR) is 198 cm³/mol. The molecule has 2 atom stereocenters. The zero-order chi connectivity index (χ0) is 34.9. The van der Waals surface area contributed by atoms with E-state index in [-0.39, 0.29) is 18.2 Å². The third-order valence-corrected chi connectivity index (χ3v) is 10.7. The topological polar surface area (TPSA) is 114 Å². The molecule has 3 aromatic carbocycles. The van der Waals surface area contributed by atoms with Gasteiger partial charge in [0.1, 0.15) is 10.7 Å². The Morgan fingerprint density at radius 1 is 0.980 bits per heavy atom. The molecule has 1 aromatic heterocycles. The second-order valence-electron chi connectivity index (χ2n) is 12.1. The Kier molecular flexibility index (Phi) is 12.1. The number of fused-ring (bicyclic) bond motifs is 1. The zero-order valence-electron chi connectivity index (χ0n) is 28.1. The standard InChI is InChI=1S/C39H41N3O5S2/c1-5-32(37(45)42-38-34(39(46)47-6-2)30-20-17-25(4)21-33(30)49-38)48-29-14-10-13-28(23-29)40-36(44)31(22-26-18-15-24(3)16-19-26)41-35(43)27-11-8-7-9-12-27/h7-16,18-19,22-23,25,32H,5-6,17,20-21H2,1-4H3,(H,40,44)(H,41,43)(H,42,45)/b31-22-. The number of esters is 1. The van der Waals surface area contributed by atoms with Crippen LogP contribution in [0.25, 0.3) is 6.08 Å². The summed E-state index contributed by atoms with van der Waals surface area (Å²) in [6.07, 6.45) is 4.84. The number of amides is 3. The molecule has 49 heavy (non-hydrogen) atoms. The first-order chi connectivity index (χ1) is 23.6. The van der Waals surface area contributed by atoms with Gasteiger partial charge in [0.05, 0.1) is 17.4 Å². The molecular weight excluding hydrogens is 655 g/mol. The number of nitrogens with one attached hydrogen (secondary N) is 3. The number of rotatable bonds is 12. The van der Waals surface area contributed by atoms with E-state index in [0.717, 1.165) is 45.7 Å².